The fraction of sp³-hybridized carbons (Fsp3) is 0.455. The van der Waals surface area contributed by atoms with Gasteiger partial charge in [0.25, 0.3) is 0 Å². The maximum absolute atomic E-state index is 12.8. The Balaban J connectivity index is 2.10. The van der Waals surface area contributed by atoms with Gasteiger partial charge in [0, 0.05) is 6.04 Å². The number of sulfone groups is 1. The minimum Gasteiger partial charge on any atom is -0.380 e. The van der Waals surface area contributed by atoms with Crippen molar-refractivity contribution in [2.24, 2.45) is 0 Å². The summed E-state index contributed by atoms with van der Waals surface area (Å²) in [5.74, 6) is -0.0416. The third-order valence-corrected chi connectivity index (χ3v) is 4.89. The number of halogens is 2. The Hall–Kier alpha value is -0.810. The molecular weight excluding hydrogens is 265 g/mol. The second-order valence-corrected chi connectivity index (χ2v) is 6.86. The third-order valence-electron chi connectivity index (χ3n) is 2.75. The molecule has 0 bridgehead atoms. The Morgan fingerprint density at radius 3 is 2.82 bits per heavy atom. The summed E-state index contributed by atoms with van der Waals surface area (Å²) in [6.45, 7) is 0. The molecule has 1 saturated heterocycles. The van der Waals surface area contributed by atoms with Crippen LogP contribution in [0, 0.1) is 5.82 Å². The number of hydrogen-bond donors (Lipinski definition) is 1. The molecule has 0 radical (unpaired) electrons. The van der Waals surface area contributed by atoms with Crippen molar-refractivity contribution < 1.29 is 12.8 Å². The van der Waals surface area contributed by atoms with Crippen LogP contribution in [0.2, 0.25) is 5.02 Å². The predicted octanol–water partition coefficient (Wildman–Crippen LogP) is 2.47. The van der Waals surface area contributed by atoms with Gasteiger partial charge < -0.3 is 5.32 Å². The second-order valence-electron chi connectivity index (χ2n) is 4.22. The van der Waals surface area contributed by atoms with Crippen molar-refractivity contribution in [3.63, 3.8) is 0 Å². The first kappa shape index (κ1) is 12.6. The lowest BCUT2D eigenvalue weighted by atomic mass is 10.1. The summed E-state index contributed by atoms with van der Waals surface area (Å²) in [6.07, 6.45) is 1.44. The molecule has 1 N–H and O–H groups in total. The zero-order valence-electron chi connectivity index (χ0n) is 9.12. The van der Waals surface area contributed by atoms with Crippen molar-refractivity contribution in [3.05, 3.63) is 29.0 Å². The Kier molecular flexibility index (Phi) is 3.58. The summed E-state index contributed by atoms with van der Waals surface area (Å²) in [7, 11) is -2.95. The zero-order valence-corrected chi connectivity index (χ0v) is 10.7. The Bertz CT molecular complexity index is 518. The molecule has 1 fully saturated rings. The molecule has 0 spiro atoms. The normalized spacial score (nSPS) is 23.3. The van der Waals surface area contributed by atoms with Crippen LogP contribution in [0.15, 0.2) is 18.2 Å². The predicted molar refractivity (Wildman–Crippen MR) is 66.7 cm³/mol. The molecular formula is C11H13ClFNO2S. The van der Waals surface area contributed by atoms with Crippen LogP contribution in [0.25, 0.3) is 0 Å². The largest absolute Gasteiger partial charge is 0.380 e. The molecule has 1 aliphatic rings. The van der Waals surface area contributed by atoms with Crippen molar-refractivity contribution in [2.45, 2.75) is 18.9 Å². The first-order chi connectivity index (χ1) is 7.96. The van der Waals surface area contributed by atoms with Crippen LogP contribution in [0.5, 0.6) is 0 Å². The molecule has 17 heavy (non-hydrogen) atoms. The molecule has 1 aromatic rings. The quantitative estimate of drug-likeness (QED) is 0.903. The van der Waals surface area contributed by atoms with E-state index < -0.39 is 15.7 Å². The van der Waals surface area contributed by atoms with Gasteiger partial charge in [-0.25, -0.2) is 12.8 Å². The SMILES string of the molecule is O=S1(=O)CCCC(Nc2ccc(F)cc2Cl)C1. The molecule has 2 rings (SSSR count). The first-order valence-corrected chi connectivity index (χ1v) is 7.58. The molecule has 1 aliphatic heterocycles. The average Bonchev–Trinajstić information content (AvgIpc) is 2.21. The lowest BCUT2D eigenvalue weighted by Crippen LogP contribution is -2.34. The van der Waals surface area contributed by atoms with Gasteiger partial charge in [-0.3, -0.25) is 0 Å². The van der Waals surface area contributed by atoms with E-state index in [0.29, 0.717) is 12.1 Å². The summed E-state index contributed by atoms with van der Waals surface area (Å²) < 4.78 is 35.8. The monoisotopic (exact) mass is 277 g/mol. The Morgan fingerprint density at radius 1 is 1.41 bits per heavy atom. The number of hydrogen-bond acceptors (Lipinski definition) is 3. The topological polar surface area (TPSA) is 46.2 Å². The highest BCUT2D eigenvalue weighted by atomic mass is 35.5. The van der Waals surface area contributed by atoms with Crippen molar-refractivity contribution in [2.75, 3.05) is 16.8 Å². The molecule has 94 valence electrons. The van der Waals surface area contributed by atoms with Gasteiger partial charge in [0.15, 0.2) is 9.84 Å². The van der Waals surface area contributed by atoms with Crippen LogP contribution < -0.4 is 5.32 Å². The highest BCUT2D eigenvalue weighted by molar-refractivity contribution is 7.91. The van der Waals surface area contributed by atoms with Crippen molar-refractivity contribution in [3.8, 4) is 0 Å². The molecule has 0 amide bonds. The Labute approximate surface area is 105 Å². The molecule has 0 aliphatic carbocycles. The number of rotatable bonds is 2. The van der Waals surface area contributed by atoms with Gasteiger partial charge in [-0.1, -0.05) is 11.6 Å². The number of anilines is 1. The molecule has 1 heterocycles. The van der Waals surface area contributed by atoms with Gasteiger partial charge in [0.05, 0.1) is 22.2 Å². The van der Waals surface area contributed by atoms with E-state index in [9.17, 15) is 12.8 Å². The average molecular weight is 278 g/mol. The standard InChI is InChI=1S/C11H13ClFNO2S/c12-10-6-8(13)3-4-11(10)14-9-2-1-5-17(15,16)7-9/h3-4,6,9,14H,1-2,5,7H2. The zero-order chi connectivity index (χ0) is 12.5. The molecule has 1 atom stereocenters. The van der Waals surface area contributed by atoms with E-state index in [2.05, 4.69) is 5.32 Å². The van der Waals surface area contributed by atoms with Gasteiger partial charge in [-0.2, -0.15) is 0 Å². The highest BCUT2D eigenvalue weighted by Crippen LogP contribution is 2.25. The molecule has 0 aromatic heterocycles. The van der Waals surface area contributed by atoms with E-state index in [1.54, 1.807) is 0 Å². The number of nitrogens with one attached hydrogen (secondary N) is 1. The van der Waals surface area contributed by atoms with Crippen molar-refractivity contribution >= 4 is 27.1 Å². The second kappa shape index (κ2) is 4.82. The maximum Gasteiger partial charge on any atom is 0.152 e. The summed E-state index contributed by atoms with van der Waals surface area (Å²) in [4.78, 5) is 0. The molecule has 3 nitrogen and oxygen atoms in total. The minimum atomic E-state index is -2.95. The van der Waals surface area contributed by atoms with E-state index >= 15 is 0 Å². The maximum atomic E-state index is 12.8. The van der Waals surface area contributed by atoms with Gasteiger partial charge >= 0.3 is 0 Å². The highest BCUT2D eigenvalue weighted by Gasteiger charge is 2.24. The van der Waals surface area contributed by atoms with Crippen molar-refractivity contribution in [1.29, 1.82) is 0 Å². The third kappa shape index (κ3) is 3.33. The smallest absolute Gasteiger partial charge is 0.152 e. The summed E-state index contributed by atoms with van der Waals surface area (Å²) in [5, 5.41) is 3.33. The molecule has 6 heteroatoms. The van der Waals surface area contributed by atoms with Gasteiger partial charge in [0.1, 0.15) is 5.82 Å². The van der Waals surface area contributed by atoms with E-state index in [1.165, 1.54) is 18.2 Å². The van der Waals surface area contributed by atoms with Crippen LogP contribution >= 0.6 is 11.6 Å². The van der Waals surface area contributed by atoms with E-state index in [-0.39, 0.29) is 22.6 Å². The van der Waals surface area contributed by atoms with E-state index in [1.807, 2.05) is 0 Å². The summed E-state index contributed by atoms with van der Waals surface area (Å²) in [5.41, 5.74) is 0.579. The first-order valence-electron chi connectivity index (χ1n) is 5.38. The summed E-state index contributed by atoms with van der Waals surface area (Å²) in [6, 6.07) is 3.89. The van der Waals surface area contributed by atoms with Crippen LogP contribution in [0.3, 0.4) is 0 Å². The Morgan fingerprint density at radius 2 is 2.18 bits per heavy atom. The lowest BCUT2D eigenvalue weighted by Gasteiger charge is -2.24. The van der Waals surface area contributed by atoms with Gasteiger partial charge in [-0.05, 0) is 31.0 Å². The fourth-order valence-electron chi connectivity index (χ4n) is 1.96. The van der Waals surface area contributed by atoms with Gasteiger partial charge in [-0.15, -0.1) is 0 Å². The molecule has 0 saturated carbocycles. The van der Waals surface area contributed by atoms with Crippen LogP contribution in [0.1, 0.15) is 12.8 Å². The minimum absolute atomic E-state index is 0.112. The van der Waals surface area contributed by atoms with Crippen LogP contribution in [-0.2, 0) is 9.84 Å². The fourth-order valence-corrected chi connectivity index (χ4v) is 3.82. The van der Waals surface area contributed by atoms with Crippen LogP contribution in [-0.4, -0.2) is 26.0 Å². The lowest BCUT2D eigenvalue weighted by molar-refractivity contribution is 0.562. The van der Waals surface area contributed by atoms with Gasteiger partial charge in [0.2, 0.25) is 0 Å². The van der Waals surface area contributed by atoms with E-state index in [4.69, 9.17) is 11.6 Å². The molecule has 1 aromatic carbocycles. The molecule has 1 unspecified atom stereocenters. The van der Waals surface area contributed by atoms with E-state index in [0.717, 1.165) is 6.42 Å². The summed E-state index contributed by atoms with van der Waals surface area (Å²) >= 11 is 5.87. The van der Waals surface area contributed by atoms with Crippen LogP contribution in [0.4, 0.5) is 10.1 Å². The van der Waals surface area contributed by atoms with Crippen molar-refractivity contribution in [1.82, 2.24) is 0 Å². The number of benzene rings is 1.